The van der Waals surface area contributed by atoms with Crippen LogP contribution in [-0.2, 0) is 16.1 Å². The molecule has 0 spiro atoms. The number of nitrogens with zero attached hydrogens (tertiary/aromatic N) is 3. The summed E-state index contributed by atoms with van der Waals surface area (Å²) in [6, 6.07) is 15.9. The smallest absolute Gasteiger partial charge is 0.338 e. The number of esters is 1. The van der Waals surface area contributed by atoms with Crippen LogP contribution >= 0.6 is 11.3 Å². The summed E-state index contributed by atoms with van der Waals surface area (Å²) in [5.41, 5.74) is 2.44. The number of methoxy groups -OCH3 is 2. The monoisotopic (exact) mass is 659 g/mol. The number of nitro groups is 1. The summed E-state index contributed by atoms with van der Waals surface area (Å²) < 4.78 is 30.0. The van der Waals surface area contributed by atoms with Crippen molar-refractivity contribution in [3.8, 4) is 23.0 Å². The molecule has 0 radical (unpaired) electrons. The maximum Gasteiger partial charge on any atom is 0.338 e. The van der Waals surface area contributed by atoms with Gasteiger partial charge in [-0.15, -0.1) is 0 Å². The Balaban J connectivity index is 1.54. The van der Waals surface area contributed by atoms with Gasteiger partial charge in [0.25, 0.3) is 11.2 Å². The van der Waals surface area contributed by atoms with Gasteiger partial charge in [0, 0.05) is 12.1 Å². The molecule has 0 bridgehead atoms. The molecule has 1 aromatic heterocycles. The van der Waals surface area contributed by atoms with Gasteiger partial charge in [-0.3, -0.25) is 19.5 Å². The Morgan fingerprint density at radius 1 is 0.957 bits per heavy atom. The lowest BCUT2D eigenvalue weighted by Crippen LogP contribution is -2.39. The average molecular weight is 660 g/mol. The molecule has 0 aliphatic carbocycles. The molecule has 1 unspecified atom stereocenters. The van der Waals surface area contributed by atoms with Crippen molar-refractivity contribution < 1.29 is 33.4 Å². The highest BCUT2D eigenvalue weighted by Gasteiger charge is 2.34. The molecule has 0 saturated carbocycles. The fourth-order valence-electron chi connectivity index (χ4n) is 5.16. The summed E-state index contributed by atoms with van der Waals surface area (Å²) in [7, 11) is 3.05. The van der Waals surface area contributed by atoms with Crippen molar-refractivity contribution in [3.05, 3.63) is 118 Å². The second-order valence-electron chi connectivity index (χ2n) is 10.3. The number of aromatic nitrogens is 1. The molecule has 0 N–H and O–H groups in total. The van der Waals surface area contributed by atoms with Crippen LogP contribution in [0.5, 0.6) is 23.0 Å². The van der Waals surface area contributed by atoms with E-state index < -0.39 is 16.9 Å². The van der Waals surface area contributed by atoms with Crippen molar-refractivity contribution in [2.45, 2.75) is 33.4 Å². The maximum atomic E-state index is 14.1. The molecule has 1 aliphatic heterocycles. The first-order valence-corrected chi connectivity index (χ1v) is 15.5. The van der Waals surface area contributed by atoms with E-state index in [0.29, 0.717) is 55.8 Å². The topological polar surface area (TPSA) is 141 Å². The number of fused-ring (bicyclic) bond motifs is 1. The van der Waals surface area contributed by atoms with E-state index in [1.165, 1.54) is 42.3 Å². The van der Waals surface area contributed by atoms with Gasteiger partial charge in [-0.2, -0.15) is 0 Å². The van der Waals surface area contributed by atoms with Crippen LogP contribution in [0.3, 0.4) is 0 Å². The van der Waals surface area contributed by atoms with Crippen molar-refractivity contribution in [3.63, 3.8) is 0 Å². The minimum Gasteiger partial charge on any atom is -0.493 e. The van der Waals surface area contributed by atoms with Crippen LogP contribution in [0.15, 0.2) is 81.7 Å². The third-order valence-electron chi connectivity index (χ3n) is 7.35. The minimum atomic E-state index is -0.818. The first kappa shape index (κ1) is 32.9. The molecular formula is C34H33N3O9S. The lowest BCUT2D eigenvalue weighted by Gasteiger charge is -2.25. The van der Waals surface area contributed by atoms with Crippen LogP contribution in [-0.4, -0.2) is 42.9 Å². The Hall–Kier alpha value is -5.43. The number of ether oxygens (including phenoxy) is 5. The number of carbonyl (C=O) groups is 1. The second-order valence-corrected chi connectivity index (χ2v) is 11.3. The Morgan fingerprint density at radius 2 is 1.68 bits per heavy atom. The van der Waals surface area contributed by atoms with Crippen LogP contribution in [0.25, 0.3) is 6.08 Å². The number of benzene rings is 3. The predicted molar refractivity (Wildman–Crippen MR) is 175 cm³/mol. The Bertz CT molecular complexity index is 2030. The average Bonchev–Trinajstić information content (AvgIpc) is 3.37. The molecule has 0 saturated heterocycles. The number of non-ortho nitro benzene ring substituents is 1. The molecule has 1 atom stereocenters. The maximum absolute atomic E-state index is 14.1. The molecular weight excluding hydrogens is 626 g/mol. The van der Waals surface area contributed by atoms with Crippen LogP contribution in [0.1, 0.15) is 43.5 Å². The Kier molecular flexibility index (Phi) is 10.0. The first-order chi connectivity index (χ1) is 22.7. The molecule has 244 valence electrons. The zero-order valence-corrected chi connectivity index (χ0v) is 27.3. The van der Waals surface area contributed by atoms with Gasteiger partial charge in [-0.05, 0) is 79.9 Å². The summed E-state index contributed by atoms with van der Waals surface area (Å²) >= 11 is 1.20. The fourth-order valence-corrected chi connectivity index (χ4v) is 6.20. The molecule has 5 rings (SSSR count). The van der Waals surface area contributed by atoms with Crippen molar-refractivity contribution in [2.75, 3.05) is 27.4 Å². The minimum absolute atomic E-state index is 0.000659. The number of carbonyl (C=O) groups excluding carboxylic acids is 1. The van der Waals surface area contributed by atoms with Gasteiger partial charge >= 0.3 is 5.97 Å². The van der Waals surface area contributed by atoms with Gasteiger partial charge < -0.3 is 23.7 Å². The Labute approximate surface area is 273 Å². The largest absolute Gasteiger partial charge is 0.493 e. The van der Waals surface area contributed by atoms with Crippen LogP contribution < -0.4 is 33.8 Å². The van der Waals surface area contributed by atoms with E-state index in [-0.39, 0.29) is 30.0 Å². The van der Waals surface area contributed by atoms with Crippen molar-refractivity contribution in [1.82, 2.24) is 4.57 Å². The van der Waals surface area contributed by atoms with Gasteiger partial charge in [0.15, 0.2) is 27.8 Å². The highest BCUT2D eigenvalue weighted by molar-refractivity contribution is 7.07. The number of thiazole rings is 1. The van der Waals surface area contributed by atoms with Gasteiger partial charge in [0.05, 0.1) is 54.2 Å². The zero-order valence-electron chi connectivity index (χ0n) is 26.5. The van der Waals surface area contributed by atoms with Crippen LogP contribution in [0.2, 0.25) is 0 Å². The molecule has 4 aromatic rings. The lowest BCUT2D eigenvalue weighted by atomic mass is 9.95. The number of rotatable bonds is 12. The summed E-state index contributed by atoms with van der Waals surface area (Å²) in [5.74, 6) is 1.34. The van der Waals surface area contributed by atoms with Crippen LogP contribution in [0, 0.1) is 10.1 Å². The molecule has 47 heavy (non-hydrogen) atoms. The van der Waals surface area contributed by atoms with E-state index >= 15 is 0 Å². The highest BCUT2D eigenvalue weighted by Crippen LogP contribution is 2.36. The van der Waals surface area contributed by atoms with E-state index in [9.17, 15) is 19.7 Å². The van der Waals surface area contributed by atoms with E-state index in [2.05, 4.69) is 4.99 Å². The fraction of sp³-hybridized carbons (Fsp3) is 0.265. The van der Waals surface area contributed by atoms with Gasteiger partial charge in [-0.25, -0.2) is 9.79 Å². The lowest BCUT2D eigenvalue weighted by molar-refractivity contribution is -0.384. The molecule has 0 fully saturated rings. The van der Waals surface area contributed by atoms with Gasteiger partial charge in [0.2, 0.25) is 0 Å². The Morgan fingerprint density at radius 3 is 2.34 bits per heavy atom. The number of hydrogen-bond donors (Lipinski definition) is 0. The van der Waals surface area contributed by atoms with E-state index in [1.807, 2.05) is 6.92 Å². The molecule has 13 heteroatoms. The molecule has 3 aromatic carbocycles. The summed E-state index contributed by atoms with van der Waals surface area (Å²) in [6.45, 7) is 6.00. The third-order valence-corrected chi connectivity index (χ3v) is 8.33. The van der Waals surface area contributed by atoms with Crippen molar-refractivity contribution in [2.24, 2.45) is 4.99 Å². The standard InChI is InChI=1S/C34H33N3O9S/c1-6-44-28-16-22(10-14-26(28)46-19-21-8-12-24(13-9-21)37(40)41)17-29-32(38)36-31(23-11-15-25(42-4)27(18-23)43-5)30(33(39)45-7-2)20(3)35-34(36)47-29/h8-18,31H,6-7,19H2,1-5H3/b29-17+. The van der Waals surface area contributed by atoms with Crippen molar-refractivity contribution >= 4 is 29.1 Å². The summed E-state index contributed by atoms with van der Waals surface area (Å²) in [5, 5.41) is 11.0. The van der Waals surface area contributed by atoms with Crippen molar-refractivity contribution in [1.29, 1.82) is 0 Å². The zero-order chi connectivity index (χ0) is 33.7. The van der Waals surface area contributed by atoms with Gasteiger partial charge in [0.1, 0.15) is 6.61 Å². The summed E-state index contributed by atoms with van der Waals surface area (Å²) in [6.07, 6.45) is 1.74. The summed E-state index contributed by atoms with van der Waals surface area (Å²) in [4.78, 5) is 42.9. The first-order valence-electron chi connectivity index (χ1n) is 14.7. The van der Waals surface area contributed by atoms with E-state index in [0.717, 1.165) is 5.56 Å². The SMILES string of the molecule is CCOC(=O)C1=C(C)N=c2s/c(=C/c3ccc(OCc4ccc([N+](=O)[O-])cc4)c(OCC)c3)c(=O)n2C1c1ccc(OC)c(OC)c1. The number of allylic oxidation sites excluding steroid dienone is 1. The van der Waals surface area contributed by atoms with Gasteiger partial charge in [-0.1, -0.05) is 23.5 Å². The molecule has 2 heterocycles. The molecule has 0 amide bonds. The predicted octanol–water partition coefficient (Wildman–Crippen LogP) is 4.70. The molecule has 1 aliphatic rings. The second kappa shape index (κ2) is 14.3. The number of nitro benzene ring substituents is 1. The normalized spacial score (nSPS) is 14.2. The number of hydrogen-bond acceptors (Lipinski definition) is 11. The van der Waals surface area contributed by atoms with E-state index in [1.54, 1.807) is 68.5 Å². The molecule has 12 nitrogen and oxygen atoms in total. The van der Waals surface area contributed by atoms with Crippen LogP contribution in [0.4, 0.5) is 5.69 Å². The highest BCUT2D eigenvalue weighted by atomic mass is 32.1. The third kappa shape index (κ3) is 6.89. The quantitative estimate of drug-likeness (QED) is 0.120. The van der Waals surface area contributed by atoms with E-state index in [4.69, 9.17) is 23.7 Å².